The highest BCUT2D eigenvalue weighted by atomic mass is 35.5. The molecule has 0 radical (unpaired) electrons. The van der Waals surface area contributed by atoms with E-state index < -0.39 is 18.2 Å². The van der Waals surface area contributed by atoms with Crippen molar-refractivity contribution in [1.29, 1.82) is 0 Å². The zero-order valence-electron chi connectivity index (χ0n) is 20.9. The monoisotopic (exact) mass is 531 g/mol. The molecule has 38 heavy (non-hydrogen) atoms. The summed E-state index contributed by atoms with van der Waals surface area (Å²) >= 11 is 6.25. The molecule has 0 fully saturated rings. The standard InChI is InChI=1S/C29H26ClN3O5/c1-16-26(32-29(36)37-17(2)20-5-3-4-6-24(20)30)28(38-33-16)23-12-11-21(22-13-14-31-27(22)23)19-9-7-18(8-10-19)15-25(34)35/h3-12,17,31H,13-15H2,1-2H3,(H,32,36)(H,34,35). The molecule has 0 aliphatic carbocycles. The van der Waals surface area contributed by atoms with E-state index in [0.29, 0.717) is 27.7 Å². The highest BCUT2D eigenvalue weighted by molar-refractivity contribution is 6.31. The SMILES string of the molecule is Cc1noc(-c2ccc(-c3ccc(CC(=O)O)cc3)c3c2NCC3)c1NC(=O)OC(C)c1ccccc1Cl. The van der Waals surface area contributed by atoms with Crippen LogP contribution < -0.4 is 10.6 Å². The topological polar surface area (TPSA) is 114 Å². The van der Waals surface area contributed by atoms with Crippen molar-refractivity contribution in [1.82, 2.24) is 5.16 Å². The molecule has 2 heterocycles. The Morgan fingerprint density at radius 3 is 2.61 bits per heavy atom. The molecule has 0 saturated carbocycles. The van der Waals surface area contributed by atoms with Gasteiger partial charge >= 0.3 is 12.1 Å². The van der Waals surface area contributed by atoms with Crippen LogP contribution in [-0.2, 0) is 22.4 Å². The van der Waals surface area contributed by atoms with E-state index in [0.717, 1.165) is 46.5 Å². The second-order valence-corrected chi connectivity index (χ2v) is 9.53. The minimum absolute atomic E-state index is 0.0148. The number of hydrogen-bond donors (Lipinski definition) is 3. The summed E-state index contributed by atoms with van der Waals surface area (Å²) < 4.78 is 11.3. The fourth-order valence-electron chi connectivity index (χ4n) is 4.72. The van der Waals surface area contributed by atoms with Crippen LogP contribution >= 0.6 is 11.6 Å². The number of carboxylic acids is 1. The summed E-state index contributed by atoms with van der Waals surface area (Å²) in [5.74, 6) is -0.431. The largest absolute Gasteiger partial charge is 0.481 e. The first kappa shape index (κ1) is 25.4. The first-order valence-electron chi connectivity index (χ1n) is 12.2. The zero-order chi connectivity index (χ0) is 26.8. The number of aliphatic carboxylic acids is 1. The number of nitrogens with zero attached hydrogens (tertiary/aromatic N) is 1. The summed E-state index contributed by atoms with van der Waals surface area (Å²) in [7, 11) is 0. The predicted octanol–water partition coefficient (Wildman–Crippen LogP) is 6.88. The molecule has 1 atom stereocenters. The maximum Gasteiger partial charge on any atom is 0.412 e. The van der Waals surface area contributed by atoms with Gasteiger partial charge in [0.25, 0.3) is 0 Å². The number of carbonyl (C=O) groups is 2. The predicted molar refractivity (Wildman–Crippen MR) is 146 cm³/mol. The number of aromatic nitrogens is 1. The summed E-state index contributed by atoms with van der Waals surface area (Å²) in [6.07, 6.45) is -0.408. The Kier molecular flexibility index (Phi) is 7.07. The van der Waals surface area contributed by atoms with Crippen LogP contribution in [0.15, 0.2) is 65.2 Å². The lowest BCUT2D eigenvalue weighted by atomic mass is 9.93. The third kappa shape index (κ3) is 5.08. The number of hydrogen-bond acceptors (Lipinski definition) is 6. The molecule has 5 rings (SSSR count). The third-order valence-electron chi connectivity index (χ3n) is 6.57. The molecule has 1 unspecified atom stereocenters. The molecule has 1 aromatic heterocycles. The second-order valence-electron chi connectivity index (χ2n) is 9.12. The van der Waals surface area contributed by atoms with E-state index in [4.69, 9.17) is 26.0 Å². The number of benzene rings is 3. The quantitative estimate of drug-likeness (QED) is 0.238. The number of rotatable bonds is 7. The van der Waals surface area contributed by atoms with Crippen molar-refractivity contribution in [2.75, 3.05) is 17.2 Å². The molecule has 9 heteroatoms. The van der Waals surface area contributed by atoms with Crippen molar-refractivity contribution < 1.29 is 24.0 Å². The molecule has 1 aliphatic heterocycles. The number of nitrogens with one attached hydrogen (secondary N) is 2. The smallest absolute Gasteiger partial charge is 0.412 e. The number of aryl methyl sites for hydroxylation is 1. The van der Waals surface area contributed by atoms with Crippen molar-refractivity contribution in [2.24, 2.45) is 0 Å². The Balaban J connectivity index is 1.41. The Morgan fingerprint density at radius 2 is 1.87 bits per heavy atom. The highest BCUT2D eigenvalue weighted by Crippen LogP contribution is 2.43. The van der Waals surface area contributed by atoms with Gasteiger partial charge in [0.05, 0.1) is 6.42 Å². The van der Waals surface area contributed by atoms with Gasteiger partial charge in [-0.2, -0.15) is 0 Å². The van der Waals surface area contributed by atoms with E-state index >= 15 is 0 Å². The fraction of sp³-hybridized carbons (Fsp3) is 0.207. The van der Waals surface area contributed by atoms with E-state index in [-0.39, 0.29) is 6.42 Å². The summed E-state index contributed by atoms with van der Waals surface area (Å²) in [6.45, 7) is 4.26. The van der Waals surface area contributed by atoms with Gasteiger partial charge in [0, 0.05) is 28.4 Å². The lowest BCUT2D eigenvalue weighted by Crippen LogP contribution is -2.17. The van der Waals surface area contributed by atoms with Gasteiger partial charge in [0.15, 0.2) is 5.76 Å². The van der Waals surface area contributed by atoms with Crippen LogP contribution in [0.4, 0.5) is 16.2 Å². The Morgan fingerprint density at radius 1 is 1.13 bits per heavy atom. The molecule has 3 N–H and O–H groups in total. The molecule has 3 aromatic carbocycles. The number of carboxylic acid groups (broad SMARTS) is 1. The van der Waals surface area contributed by atoms with Gasteiger partial charge in [-0.1, -0.05) is 65.3 Å². The van der Waals surface area contributed by atoms with Gasteiger partial charge in [0.1, 0.15) is 17.5 Å². The summed E-state index contributed by atoms with van der Waals surface area (Å²) in [5.41, 5.74) is 7.26. The number of ether oxygens (including phenoxy) is 1. The van der Waals surface area contributed by atoms with Crippen LogP contribution in [0, 0.1) is 6.92 Å². The molecule has 1 aliphatic rings. The van der Waals surface area contributed by atoms with Gasteiger partial charge in [-0.05, 0) is 54.7 Å². The zero-order valence-corrected chi connectivity index (χ0v) is 21.6. The molecular formula is C29H26ClN3O5. The van der Waals surface area contributed by atoms with Crippen molar-refractivity contribution in [3.8, 4) is 22.5 Å². The molecule has 0 spiro atoms. The van der Waals surface area contributed by atoms with Gasteiger partial charge < -0.3 is 19.7 Å². The average Bonchev–Trinajstić information content (AvgIpc) is 3.51. The van der Waals surface area contributed by atoms with Crippen LogP contribution in [-0.4, -0.2) is 28.9 Å². The maximum absolute atomic E-state index is 12.8. The van der Waals surface area contributed by atoms with Crippen LogP contribution in [0.1, 0.15) is 35.4 Å². The molecule has 0 bridgehead atoms. The summed E-state index contributed by atoms with van der Waals surface area (Å²) in [6, 6.07) is 18.7. The minimum Gasteiger partial charge on any atom is -0.481 e. The van der Waals surface area contributed by atoms with Gasteiger partial charge in [-0.15, -0.1) is 0 Å². The Bertz CT molecular complexity index is 1510. The maximum atomic E-state index is 12.8. The second kappa shape index (κ2) is 10.6. The number of anilines is 2. The van der Waals surface area contributed by atoms with Crippen LogP contribution in [0.2, 0.25) is 5.02 Å². The van der Waals surface area contributed by atoms with E-state index in [2.05, 4.69) is 15.8 Å². The Labute approximate surface area is 224 Å². The average molecular weight is 532 g/mol. The minimum atomic E-state index is -0.860. The van der Waals surface area contributed by atoms with Crippen molar-refractivity contribution in [2.45, 2.75) is 32.8 Å². The summed E-state index contributed by atoms with van der Waals surface area (Å²) in [5, 5.41) is 19.9. The van der Waals surface area contributed by atoms with Crippen LogP contribution in [0.5, 0.6) is 0 Å². The van der Waals surface area contributed by atoms with Crippen molar-refractivity contribution in [3.63, 3.8) is 0 Å². The van der Waals surface area contributed by atoms with E-state index in [1.165, 1.54) is 0 Å². The van der Waals surface area contributed by atoms with Gasteiger partial charge in [-0.25, -0.2) is 4.79 Å². The number of carbonyl (C=O) groups excluding carboxylic acids is 1. The lowest BCUT2D eigenvalue weighted by molar-refractivity contribution is -0.136. The number of fused-ring (bicyclic) bond motifs is 1. The van der Waals surface area contributed by atoms with E-state index in [1.807, 2.05) is 54.6 Å². The number of halogens is 1. The van der Waals surface area contributed by atoms with E-state index in [9.17, 15) is 9.59 Å². The first-order valence-corrected chi connectivity index (χ1v) is 12.6. The van der Waals surface area contributed by atoms with Gasteiger partial charge in [-0.3, -0.25) is 10.1 Å². The first-order chi connectivity index (χ1) is 18.3. The molecular weight excluding hydrogens is 506 g/mol. The number of amides is 1. The molecule has 0 saturated heterocycles. The third-order valence-corrected chi connectivity index (χ3v) is 6.92. The van der Waals surface area contributed by atoms with E-state index in [1.54, 1.807) is 19.9 Å². The molecule has 4 aromatic rings. The fourth-order valence-corrected chi connectivity index (χ4v) is 5.01. The molecule has 194 valence electrons. The van der Waals surface area contributed by atoms with Crippen LogP contribution in [0.25, 0.3) is 22.5 Å². The Hall–Kier alpha value is -4.30. The lowest BCUT2D eigenvalue weighted by Gasteiger charge is -2.16. The highest BCUT2D eigenvalue weighted by Gasteiger charge is 2.26. The molecule has 8 nitrogen and oxygen atoms in total. The van der Waals surface area contributed by atoms with Crippen molar-refractivity contribution in [3.05, 3.63) is 88.1 Å². The summed E-state index contributed by atoms with van der Waals surface area (Å²) in [4.78, 5) is 23.8. The van der Waals surface area contributed by atoms with Crippen LogP contribution in [0.3, 0.4) is 0 Å². The van der Waals surface area contributed by atoms with Gasteiger partial charge in [0.2, 0.25) is 0 Å². The molecule has 1 amide bonds. The normalized spacial score (nSPS) is 12.9. The van der Waals surface area contributed by atoms with Crippen molar-refractivity contribution >= 4 is 35.0 Å².